The van der Waals surface area contributed by atoms with Crippen LogP contribution in [0.3, 0.4) is 0 Å². The molecule has 0 saturated heterocycles. The molecule has 2 rings (SSSR count). The maximum atomic E-state index is 5.59. The molecule has 1 aromatic heterocycles. The smallest absolute Gasteiger partial charge is 0.157 e. The third kappa shape index (κ3) is 2.82. The molecule has 1 aliphatic heterocycles. The number of furan rings is 1. The van der Waals surface area contributed by atoms with Crippen molar-refractivity contribution in [1.29, 1.82) is 0 Å². The summed E-state index contributed by atoms with van der Waals surface area (Å²) in [5, 5.41) is 4.44. The summed E-state index contributed by atoms with van der Waals surface area (Å²) in [4.78, 5) is 4.58. The van der Waals surface area contributed by atoms with Crippen molar-refractivity contribution in [3.05, 3.63) is 23.7 Å². The zero-order valence-corrected chi connectivity index (χ0v) is 10.8. The van der Waals surface area contributed by atoms with Crippen LogP contribution in [0, 0.1) is 6.92 Å². The summed E-state index contributed by atoms with van der Waals surface area (Å²) >= 11 is 1.79. The lowest BCUT2D eigenvalue weighted by Crippen LogP contribution is -2.28. The SMILES string of the molecule is Cc1ccc(C(C)NC2=NC(C)CCS2)o1. The Morgan fingerprint density at radius 1 is 1.56 bits per heavy atom. The Morgan fingerprint density at radius 3 is 3.00 bits per heavy atom. The van der Waals surface area contributed by atoms with Gasteiger partial charge in [-0.3, -0.25) is 4.99 Å². The first-order chi connectivity index (χ1) is 7.65. The fraction of sp³-hybridized carbons (Fsp3) is 0.583. The molecule has 0 aromatic carbocycles. The molecule has 0 saturated carbocycles. The molecule has 3 nitrogen and oxygen atoms in total. The van der Waals surface area contributed by atoms with Gasteiger partial charge in [0, 0.05) is 5.75 Å². The molecule has 0 spiro atoms. The third-order valence-corrected chi connectivity index (χ3v) is 3.58. The lowest BCUT2D eigenvalue weighted by Gasteiger charge is -2.20. The molecule has 16 heavy (non-hydrogen) atoms. The number of amidine groups is 1. The van der Waals surface area contributed by atoms with E-state index in [1.54, 1.807) is 11.8 Å². The predicted octanol–water partition coefficient (Wildman–Crippen LogP) is 3.12. The van der Waals surface area contributed by atoms with Crippen molar-refractivity contribution < 1.29 is 4.42 Å². The quantitative estimate of drug-likeness (QED) is 0.860. The van der Waals surface area contributed by atoms with E-state index >= 15 is 0 Å². The fourth-order valence-corrected chi connectivity index (χ4v) is 2.82. The van der Waals surface area contributed by atoms with E-state index in [0.29, 0.717) is 6.04 Å². The first-order valence-electron chi connectivity index (χ1n) is 5.68. The van der Waals surface area contributed by atoms with Gasteiger partial charge in [0.2, 0.25) is 0 Å². The number of rotatable bonds is 2. The summed E-state index contributed by atoms with van der Waals surface area (Å²) in [5.41, 5.74) is 0. The molecule has 0 aliphatic carbocycles. The Labute approximate surface area is 101 Å². The normalized spacial score (nSPS) is 22.7. The Morgan fingerprint density at radius 2 is 2.38 bits per heavy atom. The van der Waals surface area contributed by atoms with Crippen molar-refractivity contribution in [3.8, 4) is 0 Å². The van der Waals surface area contributed by atoms with Crippen molar-refractivity contribution in [2.24, 2.45) is 4.99 Å². The lowest BCUT2D eigenvalue weighted by molar-refractivity contribution is 0.444. The number of aliphatic imine (C=N–C) groups is 1. The van der Waals surface area contributed by atoms with E-state index in [2.05, 4.69) is 24.2 Å². The average molecular weight is 238 g/mol. The van der Waals surface area contributed by atoms with Crippen molar-refractivity contribution in [1.82, 2.24) is 5.32 Å². The average Bonchev–Trinajstić information content (AvgIpc) is 2.65. The Kier molecular flexibility index (Phi) is 3.59. The van der Waals surface area contributed by atoms with Crippen LogP contribution in [0.5, 0.6) is 0 Å². The number of nitrogens with one attached hydrogen (secondary N) is 1. The van der Waals surface area contributed by atoms with Gasteiger partial charge in [0.25, 0.3) is 0 Å². The number of thioether (sulfide) groups is 1. The van der Waals surface area contributed by atoms with Gasteiger partial charge in [-0.2, -0.15) is 0 Å². The third-order valence-electron chi connectivity index (χ3n) is 2.64. The van der Waals surface area contributed by atoms with Gasteiger partial charge in [-0.1, -0.05) is 11.8 Å². The van der Waals surface area contributed by atoms with Crippen LogP contribution in [0.4, 0.5) is 0 Å². The molecule has 88 valence electrons. The molecule has 1 aromatic rings. The number of hydrogen-bond donors (Lipinski definition) is 1. The van der Waals surface area contributed by atoms with Gasteiger partial charge in [0.05, 0.1) is 12.1 Å². The highest BCUT2D eigenvalue weighted by Gasteiger charge is 2.15. The highest BCUT2D eigenvalue weighted by atomic mass is 32.2. The number of aryl methyl sites for hydroxylation is 1. The number of hydrogen-bond acceptors (Lipinski definition) is 4. The second-order valence-corrected chi connectivity index (χ2v) is 5.32. The Hall–Kier alpha value is -0.900. The largest absolute Gasteiger partial charge is 0.464 e. The van der Waals surface area contributed by atoms with E-state index in [0.717, 1.165) is 22.4 Å². The summed E-state index contributed by atoms with van der Waals surface area (Å²) in [5.74, 6) is 3.07. The first kappa shape index (κ1) is 11.6. The van der Waals surface area contributed by atoms with E-state index in [4.69, 9.17) is 4.42 Å². The van der Waals surface area contributed by atoms with Crippen LogP contribution in [0.1, 0.15) is 37.8 Å². The molecule has 2 unspecified atom stereocenters. The maximum absolute atomic E-state index is 5.59. The minimum Gasteiger partial charge on any atom is -0.464 e. The van der Waals surface area contributed by atoms with Crippen LogP contribution in [-0.2, 0) is 0 Å². The Bertz CT molecular complexity index is 386. The van der Waals surface area contributed by atoms with Gasteiger partial charge >= 0.3 is 0 Å². The maximum Gasteiger partial charge on any atom is 0.157 e. The second-order valence-electron chi connectivity index (χ2n) is 4.23. The summed E-state index contributed by atoms with van der Waals surface area (Å²) in [6.07, 6.45) is 1.17. The second kappa shape index (κ2) is 4.95. The zero-order valence-electron chi connectivity index (χ0n) is 9.99. The van der Waals surface area contributed by atoms with Gasteiger partial charge in [-0.15, -0.1) is 0 Å². The van der Waals surface area contributed by atoms with Gasteiger partial charge in [-0.25, -0.2) is 0 Å². The topological polar surface area (TPSA) is 37.5 Å². The fourth-order valence-electron chi connectivity index (χ4n) is 1.65. The molecular formula is C12H18N2OS. The molecular weight excluding hydrogens is 220 g/mol. The number of nitrogens with zero attached hydrogens (tertiary/aromatic N) is 1. The van der Waals surface area contributed by atoms with Crippen LogP contribution in [-0.4, -0.2) is 17.0 Å². The molecule has 0 amide bonds. The molecule has 1 N–H and O–H groups in total. The monoisotopic (exact) mass is 238 g/mol. The molecule has 0 radical (unpaired) electrons. The van der Waals surface area contributed by atoms with E-state index in [1.807, 2.05) is 19.1 Å². The molecule has 0 fully saturated rings. The van der Waals surface area contributed by atoms with E-state index in [-0.39, 0.29) is 6.04 Å². The van der Waals surface area contributed by atoms with Crippen LogP contribution < -0.4 is 5.32 Å². The van der Waals surface area contributed by atoms with Crippen molar-refractivity contribution in [2.45, 2.75) is 39.3 Å². The zero-order chi connectivity index (χ0) is 11.5. The van der Waals surface area contributed by atoms with Gasteiger partial charge in [0.1, 0.15) is 11.5 Å². The molecule has 1 aliphatic rings. The minimum atomic E-state index is 0.185. The highest BCUT2D eigenvalue weighted by molar-refractivity contribution is 8.13. The van der Waals surface area contributed by atoms with E-state index in [9.17, 15) is 0 Å². The van der Waals surface area contributed by atoms with Crippen LogP contribution >= 0.6 is 11.8 Å². The molecule has 0 bridgehead atoms. The summed E-state index contributed by atoms with van der Waals surface area (Å²) in [6.45, 7) is 6.22. The highest BCUT2D eigenvalue weighted by Crippen LogP contribution is 2.20. The van der Waals surface area contributed by atoms with Crippen molar-refractivity contribution in [3.63, 3.8) is 0 Å². The van der Waals surface area contributed by atoms with E-state index < -0.39 is 0 Å². The Balaban J connectivity index is 1.99. The summed E-state index contributed by atoms with van der Waals surface area (Å²) in [6, 6.07) is 4.63. The van der Waals surface area contributed by atoms with Crippen LogP contribution in [0.2, 0.25) is 0 Å². The minimum absolute atomic E-state index is 0.185. The van der Waals surface area contributed by atoms with Gasteiger partial charge in [-0.05, 0) is 39.3 Å². The van der Waals surface area contributed by atoms with Crippen LogP contribution in [0.25, 0.3) is 0 Å². The molecule has 2 heterocycles. The van der Waals surface area contributed by atoms with Crippen molar-refractivity contribution >= 4 is 16.9 Å². The standard InChI is InChI=1S/C12H18N2OS/c1-8-6-7-16-12(13-8)14-10(3)11-5-4-9(2)15-11/h4-5,8,10H,6-7H2,1-3H3,(H,13,14). The lowest BCUT2D eigenvalue weighted by atomic mass is 10.2. The van der Waals surface area contributed by atoms with Crippen molar-refractivity contribution in [2.75, 3.05) is 5.75 Å². The molecule has 2 atom stereocenters. The van der Waals surface area contributed by atoms with Crippen LogP contribution in [0.15, 0.2) is 21.5 Å². The van der Waals surface area contributed by atoms with Gasteiger partial charge in [0.15, 0.2) is 5.17 Å². The van der Waals surface area contributed by atoms with Gasteiger partial charge < -0.3 is 9.73 Å². The molecule has 4 heteroatoms. The first-order valence-corrected chi connectivity index (χ1v) is 6.67. The predicted molar refractivity (Wildman–Crippen MR) is 69.0 cm³/mol. The van der Waals surface area contributed by atoms with E-state index in [1.165, 1.54) is 6.42 Å². The summed E-state index contributed by atoms with van der Waals surface area (Å²) in [7, 11) is 0. The summed E-state index contributed by atoms with van der Waals surface area (Å²) < 4.78 is 5.59.